The molecule has 2 fully saturated rings. The number of ether oxygens (including phenoxy) is 1. The van der Waals surface area contributed by atoms with E-state index in [2.05, 4.69) is 10.6 Å². The van der Waals surface area contributed by atoms with Crippen LogP contribution in [0.1, 0.15) is 19.4 Å². The number of amides is 2. The standard InChI is InChI=1S/C21H31F3N4O4/c1-13(2)26-20(31)25-11-16-18(19(30)17(12-29)32-16)28-8-6-27(7-9-28)15-5-3-4-14(10-15)21(22,23)24/h3-5,10,13,16-19,29-30H,6-9,11-12H2,1-2H3,(H2,25,26,31). The second kappa shape index (κ2) is 10.2. The molecule has 1 aromatic rings. The molecule has 0 saturated carbocycles. The van der Waals surface area contributed by atoms with Gasteiger partial charge in [0.25, 0.3) is 0 Å². The van der Waals surface area contributed by atoms with Gasteiger partial charge >= 0.3 is 12.2 Å². The topological polar surface area (TPSA) is 97.3 Å². The highest BCUT2D eigenvalue weighted by Crippen LogP contribution is 2.32. The van der Waals surface area contributed by atoms with Gasteiger partial charge in [-0.1, -0.05) is 6.07 Å². The number of hydrogen-bond donors (Lipinski definition) is 4. The van der Waals surface area contributed by atoms with Crippen LogP contribution in [-0.4, -0.2) is 90.9 Å². The van der Waals surface area contributed by atoms with Crippen LogP contribution in [-0.2, 0) is 10.9 Å². The van der Waals surface area contributed by atoms with Crippen LogP contribution in [0.5, 0.6) is 0 Å². The molecule has 0 aromatic heterocycles. The predicted molar refractivity (Wildman–Crippen MR) is 112 cm³/mol. The van der Waals surface area contributed by atoms with Crippen LogP contribution < -0.4 is 15.5 Å². The largest absolute Gasteiger partial charge is 0.416 e. The van der Waals surface area contributed by atoms with Crippen LogP contribution in [0.15, 0.2) is 24.3 Å². The number of nitrogens with one attached hydrogen (secondary N) is 2. The molecule has 3 rings (SSSR count). The number of urea groups is 1. The van der Waals surface area contributed by atoms with E-state index >= 15 is 0 Å². The second-order valence-electron chi connectivity index (χ2n) is 8.46. The van der Waals surface area contributed by atoms with Gasteiger partial charge < -0.3 is 30.5 Å². The highest BCUT2D eigenvalue weighted by molar-refractivity contribution is 5.74. The number of piperazine rings is 1. The number of carbonyl (C=O) groups is 1. The van der Waals surface area contributed by atoms with Crippen LogP contribution in [0.25, 0.3) is 0 Å². The smallest absolute Gasteiger partial charge is 0.394 e. The molecule has 8 nitrogen and oxygen atoms in total. The van der Waals surface area contributed by atoms with Crippen molar-refractivity contribution in [2.45, 2.75) is 50.4 Å². The normalized spacial score (nSPS) is 27.1. The van der Waals surface area contributed by atoms with Gasteiger partial charge in [0, 0.05) is 44.5 Å². The third kappa shape index (κ3) is 5.83. The van der Waals surface area contributed by atoms with E-state index in [1.165, 1.54) is 6.07 Å². The number of hydrogen-bond acceptors (Lipinski definition) is 6. The molecule has 0 spiro atoms. The number of halogens is 3. The van der Waals surface area contributed by atoms with E-state index in [4.69, 9.17) is 4.74 Å². The van der Waals surface area contributed by atoms with Gasteiger partial charge in [0.1, 0.15) is 12.2 Å². The third-order valence-electron chi connectivity index (χ3n) is 5.80. The number of anilines is 1. The molecular weight excluding hydrogens is 429 g/mol. The molecule has 2 aliphatic heterocycles. The first-order chi connectivity index (χ1) is 15.1. The van der Waals surface area contributed by atoms with Crippen LogP contribution in [0.4, 0.5) is 23.7 Å². The molecule has 0 aliphatic carbocycles. The van der Waals surface area contributed by atoms with Gasteiger partial charge in [0.05, 0.1) is 24.3 Å². The van der Waals surface area contributed by atoms with Crippen molar-refractivity contribution in [3.63, 3.8) is 0 Å². The SMILES string of the molecule is CC(C)NC(=O)NCC1OC(CO)C(O)C1N1CCN(c2cccc(C(F)(F)F)c2)CC1. The van der Waals surface area contributed by atoms with Gasteiger partial charge in [-0.05, 0) is 32.0 Å². The highest BCUT2D eigenvalue weighted by Gasteiger charge is 2.46. The summed E-state index contributed by atoms with van der Waals surface area (Å²) in [6, 6.07) is 4.41. The average Bonchev–Trinajstić information content (AvgIpc) is 3.06. The van der Waals surface area contributed by atoms with Crippen molar-refractivity contribution in [3.8, 4) is 0 Å². The van der Waals surface area contributed by atoms with Crippen molar-refractivity contribution in [1.29, 1.82) is 0 Å². The third-order valence-corrected chi connectivity index (χ3v) is 5.80. The van der Waals surface area contributed by atoms with E-state index < -0.39 is 36.1 Å². The lowest BCUT2D eigenvalue weighted by molar-refractivity contribution is -0.137. The summed E-state index contributed by atoms with van der Waals surface area (Å²) in [6.45, 7) is 5.42. The zero-order chi connectivity index (χ0) is 23.5. The molecule has 1 aromatic carbocycles. The quantitative estimate of drug-likeness (QED) is 0.506. The van der Waals surface area contributed by atoms with Gasteiger partial charge in [-0.2, -0.15) is 13.2 Å². The molecule has 0 radical (unpaired) electrons. The zero-order valence-corrected chi connectivity index (χ0v) is 18.2. The maximum atomic E-state index is 13.0. The maximum absolute atomic E-state index is 13.0. The molecule has 2 heterocycles. The first-order valence-corrected chi connectivity index (χ1v) is 10.7. The van der Waals surface area contributed by atoms with E-state index in [-0.39, 0.29) is 25.2 Å². The van der Waals surface area contributed by atoms with E-state index in [0.29, 0.717) is 31.9 Å². The Kier molecular flexibility index (Phi) is 7.86. The molecule has 4 N–H and O–H groups in total. The summed E-state index contributed by atoms with van der Waals surface area (Å²) in [4.78, 5) is 15.8. The predicted octanol–water partition coefficient (Wildman–Crippen LogP) is 1.02. The summed E-state index contributed by atoms with van der Waals surface area (Å²) in [5.74, 6) is 0. The molecule has 32 heavy (non-hydrogen) atoms. The van der Waals surface area contributed by atoms with Crippen molar-refractivity contribution in [2.75, 3.05) is 44.2 Å². The lowest BCUT2D eigenvalue weighted by Crippen LogP contribution is -2.58. The van der Waals surface area contributed by atoms with E-state index in [0.717, 1.165) is 12.1 Å². The molecular formula is C21H31F3N4O4. The second-order valence-corrected chi connectivity index (χ2v) is 8.46. The molecule has 2 aliphatic rings. The number of alkyl halides is 3. The molecule has 2 saturated heterocycles. The Morgan fingerprint density at radius 2 is 1.91 bits per heavy atom. The summed E-state index contributed by atoms with van der Waals surface area (Å²) in [5.41, 5.74) is -0.187. The fourth-order valence-electron chi connectivity index (χ4n) is 4.26. The van der Waals surface area contributed by atoms with Crippen LogP contribution >= 0.6 is 0 Å². The number of aliphatic hydroxyl groups excluding tert-OH is 2. The van der Waals surface area contributed by atoms with Crippen molar-refractivity contribution in [1.82, 2.24) is 15.5 Å². The minimum absolute atomic E-state index is 0.0324. The Labute approximate surface area is 185 Å². The molecule has 180 valence electrons. The molecule has 4 atom stereocenters. The Hall–Kier alpha value is -2.08. The maximum Gasteiger partial charge on any atom is 0.416 e. The number of benzene rings is 1. The van der Waals surface area contributed by atoms with E-state index in [1.54, 1.807) is 6.07 Å². The Bertz CT molecular complexity index is 772. The first-order valence-electron chi connectivity index (χ1n) is 10.7. The fraction of sp³-hybridized carbons (Fsp3) is 0.667. The number of aliphatic hydroxyl groups is 2. The lowest BCUT2D eigenvalue weighted by atomic mass is 10.0. The summed E-state index contributed by atoms with van der Waals surface area (Å²) >= 11 is 0. The van der Waals surface area contributed by atoms with Gasteiger partial charge in [-0.25, -0.2) is 4.79 Å². The van der Waals surface area contributed by atoms with Crippen LogP contribution in [0, 0.1) is 0 Å². The van der Waals surface area contributed by atoms with E-state index in [1.807, 2.05) is 23.6 Å². The number of carbonyl (C=O) groups excluding carboxylic acids is 1. The molecule has 0 bridgehead atoms. The number of nitrogens with zero attached hydrogens (tertiary/aromatic N) is 2. The Balaban J connectivity index is 1.63. The van der Waals surface area contributed by atoms with Crippen molar-refractivity contribution in [2.24, 2.45) is 0 Å². The van der Waals surface area contributed by atoms with Gasteiger partial charge in [-0.3, -0.25) is 4.90 Å². The summed E-state index contributed by atoms with van der Waals surface area (Å²) in [7, 11) is 0. The first kappa shape index (κ1) is 24.6. The molecule has 11 heteroatoms. The highest BCUT2D eigenvalue weighted by atomic mass is 19.4. The van der Waals surface area contributed by atoms with Crippen molar-refractivity contribution in [3.05, 3.63) is 29.8 Å². The Morgan fingerprint density at radius 3 is 2.50 bits per heavy atom. The van der Waals surface area contributed by atoms with Crippen LogP contribution in [0.2, 0.25) is 0 Å². The van der Waals surface area contributed by atoms with Gasteiger partial charge in [-0.15, -0.1) is 0 Å². The minimum Gasteiger partial charge on any atom is -0.394 e. The van der Waals surface area contributed by atoms with E-state index in [9.17, 15) is 28.2 Å². The zero-order valence-electron chi connectivity index (χ0n) is 18.2. The monoisotopic (exact) mass is 460 g/mol. The Morgan fingerprint density at radius 1 is 1.22 bits per heavy atom. The molecule has 2 amide bonds. The van der Waals surface area contributed by atoms with Crippen molar-refractivity contribution >= 4 is 11.7 Å². The molecule has 4 unspecified atom stereocenters. The van der Waals surface area contributed by atoms with Gasteiger partial charge in [0.15, 0.2) is 0 Å². The fourth-order valence-corrected chi connectivity index (χ4v) is 4.26. The van der Waals surface area contributed by atoms with Gasteiger partial charge in [0.2, 0.25) is 0 Å². The lowest BCUT2D eigenvalue weighted by Gasteiger charge is -2.41. The number of rotatable bonds is 6. The summed E-state index contributed by atoms with van der Waals surface area (Å²) < 4.78 is 44.9. The summed E-state index contributed by atoms with van der Waals surface area (Å²) in [6.07, 6.45) is -6.63. The summed E-state index contributed by atoms with van der Waals surface area (Å²) in [5, 5.41) is 25.7. The van der Waals surface area contributed by atoms with Crippen molar-refractivity contribution < 1.29 is 32.9 Å². The minimum atomic E-state index is -4.40. The average molecular weight is 460 g/mol. The van der Waals surface area contributed by atoms with Crippen LogP contribution in [0.3, 0.4) is 0 Å².